The molecule has 2 aliphatic rings. The van der Waals surface area contributed by atoms with Gasteiger partial charge in [-0.2, -0.15) is 0 Å². The number of carbonyl (C=O) groups excluding carboxylic acids is 2. The number of aryl methyl sites for hydroxylation is 3. The Balaban J connectivity index is 1.98. The summed E-state index contributed by atoms with van der Waals surface area (Å²) in [6.07, 6.45) is 3.36. The van der Waals surface area contributed by atoms with Crippen molar-refractivity contribution in [2.75, 3.05) is 13.7 Å². The van der Waals surface area contributed by atoms with Gasteiger partial charge in [0.2, 0.25) is 0 Å². The van der Waals surface area contributed by atoms with Crippen LogP contribution in [0.1, 0.15) is 54.9 Å². The lowest BCUT2D eigenvalue weighted by Gasteiger charge is -2.20. The number of fused-ring (bicyclic) bond motifs is 1. The molecule has 1 aromatic carbocycles. The molecule has 24 heavy (non-hydrogen) atoms. The van der Waals surface area contributed by atoms with Gasteiger partial charge in [-0.3, -0.25) is 9.59 Å². The zero-order chi connectivity index (χ0) is 17.4. The second kappa shape index (κ2) is 6.79. The van der Waals surface area contributed by atoms with Gasteiger partial charge in [-0.15, -0.1) is 0 Å². The molecule has 3 nitrogen and oxygen atoms in total. The molecule has 0 spiro atoms. The smallest absolute Gasteiger partial charge is 0.151 e. The van der Waals surface area contributed by atoms with Crippen LogP contribution < -0.4 is 0 Å². The number of rotatable bonds is 5. The Morgan fingerprint density at radius 1 is 1.00 bits per heavy atom. The molecule has 2 atom stereocenters. The minimum atomic E-state index is -0.519. The van der Waals surface area contributed by atoms with E-state index in [0.717, 1.165) is 31.2 Å². The predicted molar refractivity (Wildman–Crippen MR) is 94.3 cm³/mol. The molecule has 130 valence electrons. The minimum absolute atomic E-state index is 0.0848. The van der Waals surface area contributed by atoms with Crippen LogP contribution in [-0.2, 0) is 27.2 Å². The van der Waals surface area contributed by atoms with Crippen LogP contribution >= 0.6 is 0 Å². The average molecular weight is 328 g/mol. The number of methoxy groups -OCH3 is 1. The lowest BCUT2D eigenvalue weighted by Crippen LogP contribution is -2.21. The molecule has 0 saturated heterocycles. The van der Waals surface area contributed by atoms with E-state index in [2.05, 4.69) is 32.9 Å². The van der Waals surface area contributed by atoms with Crippen LogP contribution in [0.2, 0.25) is 0 Å². The number of benzene rings is 1. The first-order chi connectivity index (χ1) is 11.5. The van der Waals surface area contributed by atoms with Crippen molar-refractivity contribution >= 4 is 11.6 Å². The summed E-state index contributed by atoms with van der Waals surface area (Å²) < 4.78 is 5.24. The van der Waals surface area contributed by atoms with Gasteiger partial charge >= 0.3 is 0 Å². The highest BCUT2D eigenvalue weighted by molar-refractivity contribution is 6.16. The summed E-state index contributed by atoms with van der Waals surface area (Å²) in [7, 11) is 1.69. The fourth-order valence-corrected chi connectivity index (χ4v) is 4.91. The summed E-state index contributed by atoms with van der Waals surface area (Å²) in [5.41, 5.74) is 4.59. The zero-order valence-corrected chi connectivity index (χ0v) is 15.2. The summed E-state index contributed by atoms with van der Waals surface area (Å²) in [6, 6.07) is 4.30. The van der Waals surface area contributed by atoms with Gasteiger partial charge in [0.25, 0.3) is 0 Å². The summed E-state index contributed by atoms with van der Waals surface area (Å²) in [5, 5.41) is 0. The third-order valence-corrected chi connectivity index (χ3v) is 5.91. The van der Waals surface area contributed by atoms with E-state index in [-0.39, 0.29) is 23.4 Å². The topological polar surface area (TPSA) is 43.4 Å². The van der Waals surface area contributed by atoms with Crippen molar-refractivity contribution in [2.45, 2.75) is 52.4 Å². The van der Waals surface area contributed by atoms with E-state index >= 15 is 0 Å². The van der Waals surface area contributed by atoms with Crippen LogP contribution in [0.15, 0.2) is 12.1 Å². The van der Waals surface area contributed by atoms with Crippen molar-refractivity contribution in [3.05, 3.63) is 34.4 Å². The first-order valence-corrected chi connectivity index (χ1v) is 9.20. The van der Waals surface area contributed by atoms with Crippen molar-refractivity contribution in [1.29, 1.82) is 0 Å². The summed E-state index contributed by atoms with van der Waals surface area (Å²) in [5.74, 6) is -0.00685. The molecule has 2 aliphatic carbocycles. The molecule has 0 heterocycles. The first-order valence-electron chi connectivity index (χ1n) is 9.20. The van der Waals surface area contributed by atoms with Crippen molar-refractivity contribution in [3.8, 4) is 0 Å². The molecule has 0 N–H and O–H groups in total. The van der Waals surface area contributed by atoms with Crippen molar-refractivity contribution in [3.63, 3.8) is 0 Å². The molecular formula is C21H28O3. The van der Waals surface area contributed by atoms with Gasteiger partial charge in [-0.25, -0.2) is 0 Å². The monoisotopic (exact) mass is 328 g/mol. The molecule has 0 radical (unpaired) electrons. The molecule has 1 aromatic rings. The summed E-state index contributed by atoms with van der Waals surface area (Å²) >= 11 is 0. The second-order valence-electron chi connectivity index (χ2n) is 7.45. The number of carbonyl (C=O) groups is 2. The van der Waals surface area contributed by atoms with Gasteiger partial charge < -0.3 is 4.74 Å². The highest BCUT2D eigenvalue weighted by Gasteiger charge is 2.54. The molecule has 3 heteroatoms. The van der Waals surface area contributed by atoms with Gasteiger partial charge in [0, 0.05) is 25.6 Å². The average Bonchev–Trinajstić information content (AvgIpc) is 3.07. The van der Waals surface area contributed by atoms with Crippen LogP contribution in [0.5, 0.6) is 0 Å². The quantitative estimate of drug-likeness (QED) is 0.775. The Morgan fingerprint density at radius 3 is 1.92 bits per heavy atom. The van der Waals surface area contributed by atoms with Crippen LogP contribution in [0.25, 0.3) is 0 Å². The van der Waals surface area contributed by atoms with E-state index in [1.807, 2.05) is 0 Å². The Labute approximate surface area is 144 Å². The summed E-state index contributed by atoms with van der Waals surface area (Å²) in [4.78, 5) is 26.2. The second-order valence-corrected chi connectivity index (χ2v) is 7.45. The molecule has 0 bridgehead atoms. The SMILES string of the molecule is CCc1cc(C)cc(CC)c1C1C(=O)C2CC(COC)CC2C1=O. The molecule has 0 aromatic heterocycles. The molecule has 0 aliphatic heterocycles. The van der Waals surface area contributed by atoms with Gasteiger partial charge in [0.05, 0.1) is 0 Å². The van der Waals surface area contributed by atoms with E-state index < -0.39 is 5.92 Å². The van der Waals surface area contributed by atoms with Gasteiger partial charge in [0.1, 0.15) is 5.92 Å². The number of hydrogen-bond donors (Lipinski definition) is 0. The normalized spacial score (nSPS) is 29.3. The number of ketones is 2. The van der Waals surface area contributed by atoms with Crippen molar-refractivity contribution in [1.82, 2.24) is 0 Å². The lowest BCUT2D eigenvalue weighted by atomic mass is 9.82. The van der Waals surface area contributed by atoms with E-state index in [1.54, 1.807) is 7.11 Å². The molecule has 3 rings (SSSR count). The van der Waals surface area contributed by atoms with Crippen LogP contribution in [0, 0.1) is 24.7 Å². The van der Waals surface area contributed by atoms with Crippen LogP contribution in [0.4, 0.5) is 0 Å². The Hall–Kier alpha value is -1.48. The maximum absolute atomic E-state index is 13.1. The Bertz CT molecular complexity index is 612. The molecule has 0 amide bonds. The maximum atomic E-state index is 13.1. The summed E-state index contributed by atoms with van der Waals surface area (Å²) in [6.45, 7) is 6.96. The number of ether oxygens (including phenoxy) is 1. The number of hydrogen-bond acceptors (Lipinski definition) is 3. The van der Waals surface area contributed by atoms with Crippen molar-refractivity contribution < 1.29 is 14.3 Å². The molecule has 2 saturated carbocycles. The molecule has 2 fully saturated rings. The van der Waals surface area contributed by atoms with E-state index in [1.165, 1.54) is 16.7 Å². The van der Waals surface area contributed by atoms with Crippen molar-refractivity contribution in [2.24, 2.45) is 17.8 Å². The lowest BCUT2D eigenvalue weighted by molar-refractivity contribution is -0.125. The maximum Gasteiger partial charge on any atom is 0.151 e. The van der Waals surface area contributed by atoms with Crippen LogP contribution in [-0.4, -0.2) is 25.3 Å². The minimum Gasteiger partial charge on any atom is -0.384 e. The first kappa shape index (κ1) is 17.3. The third-order valence-electron chi connectivity index (χ3n) is 5.91. The fraction of sp³-hybridized carbons (Fsp3) is 0.619. The Morgan fingerprint density at radius 2 is 1.50 bits per heavy atom. The van der Waals surface area contributed by atoms with E-state index in [9.17, 15) is 9.59 Å². The fourth-order valence-electron chi connectivity index (χ4n) is 4.91. The predicted octanol–water partition coefficient (Wildman–Crippen LogP) is 3.64. The van der Waals surface area contributed by atoms with E-state index in [4.69, 9.17) is 4.74 Å². The Kier molecular flexibility index (Phi) is 4.91. The van der Waals surface area contributed by atoms with Crippen LogP contribution in [0.3, 0.4) is 0 Å². The van der Waals surface area contributed by atoms with Gasteiger partial charge in [0.15, 0.2) is 11.6 Å². The standard InChI is InChI=1S/C21H28O3/c1-5-14-7-12(3)8-15(6-2)18(14)19-20(22)16-9-13(11-24-4)10-17(16)21(19)23/h7-8,13,16-17,19H,5-6,9-11H2,1-4H3. The molecular weight excluding hydrogens is 300 g/mol. The van der Waals surface area contributed by atoms with E-state index in [0.29, 0.717) is 12.5 Å². The number of Topliss-reactive ketones (excluding diaryl/α,β-unsaturated/α-hetero) is 2. The highest BCUT2D eigenvalue weighted by atomic mass is 16.5. The zero-order valence-electron chi connectivity index (χ0n) is 15.2. The van der Waals surface area contributed by atoms with Gasteiger partial charge in [-0.05, 0) is 55.2 Å². The largest absolute Gasteiger partial charge is 0.384 e. The van der Waals surface area contributed by atoms with Gasteiger partial charge in [-0.1, -0.05) is 31.5 Å². The third kappa shape index (κ3) is 2.73. The highest BCUT2D eigenvalue weighted by Crippen LogP contribution is 2.49. The molecule has 2 unspecified atom stereocenters.